The predicted octanol–water partition coefficient (Wildman–Crippen LogP) is 5.30. The molecular formula is C29H32N2O4. The number of hydrogen-bond acceptors (Lipinski definition) is 5. The molecule has 1 spiro atoms. The molecular weight excluding hydrogens is 440 g/mol. The lowest BCUT2D eigenvalue weighted by molar-refractivity contribution is -0.177. The molecule has 6 nitrogen and oxygen atoms in total. The standard InChI is InChI=1S/C29H32N2O4/c1-18-25(28(32)33-17-24-27(34-24)19-8-3-2-4-9-19)26-21-16-20-10-7-15-31-14-6-5-13-29(20,31)35-23(21)12-11-22(26)30-18/h2-4,8-9,11-12,20,24,27,30H,5-7,10,13-17H2,1H3/t20?,24-,27-,29?/m0/s1. The quantitative estimate of drug-likeness (QED) is 0.412. The summed E-state index contributed by atoms with van der Waals surface area (Å²) in [6, 6.07) is 14.2. The van der Waals surface area contributed by atoms with Gasteiger partial charge in [0, 0.05) is 47.6 Å². The minimum Gasteiger partial charge on any atom is -0.472 e. The van der Waals surface area contributed by atoms with Gasteiger partial charge in [0.25, 0.3) is 0 Å². The summed E-state index contributed by atoms with van der Waals surface area (Å²) in [7, 11) is 0. The van der Waals surface area contributed by atoms with E-state index in [2.05, 4.69) is 22.0 Å². The molecule has 4 aliphatic heterocycles. The Morgan fingerprint density at radius 1 is 1.14 bits per heavy atom. The zero-order chi connectivity index (χ0) is 23.6. The molecule has 3 fully saturated rings. The van der Waals surface area contributed by atoms with E-state index in [0.717, 1.165) is 59.4 Å². The molecule has 0 aliphatic carbocycles. The smallest absolute Gasteiger partial charge is 0.340 e. The van der Waals surface area contributed by atoms with Gasteiger partial charge in [-0.3, -0.25) is 4.90 Å². The summed E-state index contributed by atoms with van der Waals surface area (Å²) < 4.78 is 18.5. The van der Waals surface area contributed by atoms with Gasteiger partial charge in [-0.2, -0.15) is 0 Å². The van der Waals surface area contributed by atoms with Crippen molar-refractivity contribution in [2.75, 3.05) is 19.7 Å². The molecule has 3 saturated heterocycles. The van der Waals surface area contributed by atoms with Crippen molar-refractivity contribution in [2.45, 2.75) is 63.4 Å². The number of rotatable bonds is 4. The summed E-state index contributed by atoms with van der Waals surface area (Å²) in [5, 5.41) is 0.976. The first-order valence-electron chi connectivity index (χ1n) is 13.1. The molecule has 35 heavy (non-hydrogen) atoms. The van der Waals surface area contributed by atoms with Crippen LogP contribution in [0.2, 0.25) is 0 Å². The van der Waals surface area contributed by atoms with Gasteiger partial charge in [0.1, 0.15) is 24.6 Å². The SMILES string of the molecule is Cc1[nH]c2ccc3c(c2c1C(=O)OC[C@@H]1O[C@H]1c1ccccc1)CC1CCCN2CCCCC12O3. The third-order valence-corrected chi connectivity index (χ3v) is 8.61. The number of nitrogens with zero attached hydrogens (tertiary/aromatic N) is 1. The fourth-order valence-electron chi connectivity index (χ4n) is 6.90. The molecule has 0 radical (unpaired) electrons. The maximum atomic E-state index is 13.4. The van der Waals surface area contributed by atoms with Crippen LogP contribution in [-0.4, -0.2) is 47.4 Å². The number of aromatic nitrogens is 1. The Bertz CT molecular complexity index is 1280. The van der Waals surface area contributed by atoms with Gasteiger partial charge in [-0.25, -0.2) is 4.79 Å². The Balaban J connectivity index is 1.17. The molecule has 2 aromatic carbocycles. The zero-order valence-corrected chi connectivity index (χ0v) is 20.2. The number of aryl methyl sites for hydroxylation is 1. The summed E-state index contributed by atoms with van der Waals surface area (Å²) in [6.07, 6.45) is 6.84. The van der Waals surface area contributed by atoms with Crippen LogP contribution in [0.1, 0.15) is 65.4 Å². The van der Waals surface area contributed by atoms with Crippen LogP contribution in [0, 0.1) is 12.8 Å². The highest BCUT2D eigenvalue weighted by molar-refractivity contribution is 6.07. The van der Waals surface area contributed by atoms with Crippen LogP contribution < -0.4 is 4.74 Å². The maximum absolute atomic E-state index is 13.4. The number of fused-ring (bicyclic) bond motifs is 3. The number of aromatic amines is 1. The number of hydrogen-bond donors (Lipinski definition) is 1. The highest BCUT2D eigenvalue weighted by atomic mass is 16.6. The predicted molar refractivity (Wildman–Crippen MR) is 133 cm³/mol. The molecule has 0 saturated carbocycles. The van der Waals surface area contributed by atoms with E-state index in [-0.39, 0.29) is 30.5 Å². The summed E-state index contributed by atoms with van der Waals surface area (Å²) >= 11 is 0. The topological polar surface area (TPSA) is 67.1 Å². The highest BCUT2D eigenvalue weighted by Gasteiger charge is 2.52. The average Bonchev–Trinajstić information content (AvgIpc) is 3.58. The van der Waals surface area contributed by atoms with Crippen molar-refractivity contribution in [3.8, 4) is 5.75 Å². The first-order chi connectivity index (χ1) is 17.1. The Kier molecular flexibility index (Phi) is 4.97. The molecule has 0 bridgehead atoms. The summed E-state index contributed by atoms with van der Waals surface area (Å²) in [6.45, 7) is 4.47. The van der Waals surface area contributed by atoms with E-state index in [1.807, 2.05) is 37.3 Å². The third-order valence-electron chi connectivity index (χ3n) is 8.61. The van der Waals surface area contributed by atoms with Gasteiger partial charge in [-0.1, -0.05) is 30.3 Å². The van der Waals surface area contributed by atoms with Crippen molar-refractivity contribution in [3.63, 3.8) is 0 Å². The van der Waals surface area contributed by atoms with Gasteiger partial charge < -0.3 is 19.2 Å². The Hall–Kier alpha value is -2.83. The fourth-order valence-corrected chi connectivity index (χ4v) is 6.90. The number of nitrogens with one attached hydrogen (secondary N) is 1. The summed E-state index contributed by atoms with van der Waals surface area (Å²) in [4.78, 5) is 19.4. The fraction of sp³-hybridized carbons (Fsp3) is 0.483. The zero-order valence-electron chi connectivity index (χ0n) is 20.2. The van der Waals surface area contributed by atoms with E-state index in [4.69, 9.17) is 14.2 Å². The molecule has 182 valence electrons. The number of ether oxygens (including phenoxy) is 3. The number of carbonyl (C=O) groups is 1. The van der Waals surface area contributed by atoms with Crippen molar-refractivity contribution in [1.82, 2.24) is 9.88 Å². The number of piperidine rings is 2. The second-order valence-corrected chi connectivity index (χ2v) is 10.6. The van der Waals surface area contributed by atoms with Crippen molar-refractivity contribution in [3.05, 3.63) is 64.8 Å². The lowest BCUT2D eigenvalue weighted by Crippen LogP contribution is -2.64. The minimum absolute atomic E-state index is 0.00940. The molecule has 5 heterocycles. The molecule has 4 atom stereocenters. The van der Waals surface area contributed by atoms with Crippen LogP contribution in [-0.2, 0) is 15.9 Å². The molecule has 3 aromatic rings. The molecule has 0 amide bonds. The third kappa shape index (κ3) is 3.41. The first-order valence-corrected chi connectivity index (χ1v) is 13.1. The molecule has 2 unspecified atom stereocenters. The van der Waals surface area contributed by atoms with Crippen LogP contribution >= 0.6 is 0 Å². The second kappa shape index (κ2) is 8.10. The maximum Gasteiger partial charge on any atom is 0.340 e. The normalized spacial score (nSPS) is 29.6. The van der Waals surface area contributed by atoms with Crippen LogP contribution in [0.15, 0.2) is 42.5 Å². The number of carbonyl (C=O) groups excluding carboxylic acids is 1. The van der Waals surface area contributed by atoms with Crippen molar-refractivity contribution in [2.24, 2.45) is 5.92 Å². The van der Waals surface area contributed by atoms with E-state index in [1.165, 1.54) is 25.7 Å². The van der Waals surface area contributed by atoms with E-state index in [0.29, 0.717) is 11.5 Å². The molecule has 6 heteroatoms. The van der Waals surface area contributed by atoms with E-state index < -0.39 is 0 Å². The highest BCUT2D eigenvalue weighted by Crippen LogP contribution is 2.50. The van der Waals surface area contributed by atoms with Crippen LogP contribution in [0.5, 0.6) is 5.75 Å². The summed E-state index contributed by atoms with van der Waals surface area (Å²) in [5.41, 5.74) is 4.59. The largest absolute Gasteiger partial charge is 0.472 e. The monoisotopic (exact) mass is 472 g/mol. The minimum atomic E-state index is -0.285. The van der Waals surface area contributed by atoms with Gasteiger partial charge >= 0.3 is 5.97 Å². The van der Waals surface area contributed by atoms with Gasteiger partial charge in [0.15, 0.2) is 5.72 Å². The molecule has 1 N–H and O–H groups in total. The molecule has 4 aliphatic rings. The van der Waals surface area contributed by atoms with Gasteiger partial charge in [-0.05, 0) is 56.7 Å². The van der Waals surface area contributed by atoms with Crippen molar-refractivity contribution >= 4 is 16.9 Å². The lowest BCUT2D eigenvalue weighted by atomic mass is 9.74. The first kappa shape index (κ1) is 21.5. The Labute approximate surface area is 205 Å². The van der Waals surface area contributed by atoms with Crippen molar-refractivity contribution in [1.29, 1.82) is 0 Å². The number of H-pyrrole nitrogens is 1. The second-order valence-electron chi connectivity index (χ2n) is 10.6. The number of benzene rings is 2. The molecule has 1 aromatic heterocycles. The van der Waals surface area contributed by atoms with Crippen molar-refractivity contribution < 1.29 is 19.0 Å². The van der Waals surface area contributed by atoms with E-state index in [1.54, 1.807) is 0 Å². The lowest BCUT2D eigenvalue weighted by Gasteiger charge is -2.56. The van der Waals surface area contributed by atoms with Gasteiger partial charge in [-0.15, -0.1) is 0 Å². The van der Waals surface area contributed by atoms with E-state index in [9.17, 15) is 4.79 Å². The number of esters is 1. The molecule has 7 rings (SSSR count). The van der Waals surface area contributed by atoms with Crippen LogP contribution in [0.4, 0.5) is 0 Å². The average molecular weight is 473 g/mol. The summed E-state index contributed by atoms with van der Waals surface area (Å²) in [5.74, 6) is 1.11. The van der Waals surface area contributed by atoms with Crippen LogP contribution in [0.25, 0.3) is 10.9 Å². The van der Waals surface area contributed by atoms with E-state index >= 15 is 0 Å². The van der Waals surface area contributed by atoms with Gasteiger partial charge in [0.05, 0.1) is 5.56 Å². The Morgan fingerprint density at radius 3 is 2.89 bits per heavy atom. The van der Waals surface area contributed by atoms with Crippen LogP contribution in [0.3, 0.4) is 0 Å². The Morgan fingerprint density at radius 2 is 2.00 bits per heavy atom. The number of epoxide rings is 1. The van der Waals surface area contributed by atoms with Gasteiger partial charge in [0.2, 0.25) is 0 Å².